The summed E-state index contributed by atoms with van der Waals surface area (Å²) in [5.41, 5.74) is 1.69. The third-order valence-electron chi connectivity index (χ3n) is 4.01. The van der Waals surface area contributed by atoms with Crippen LogP contribution in [0.15, 0.2) is 41.1 Å². The van der Waals surface area contributed by atoms with Crippen LogP contribution >= 0.6 is 0 Å². The number of benzene rings is 1. The van der Waals surface area contributed by atoms with E-state index in [1.165, 1.54) is 11.2 Å². The number of carbonyl (C=O) groups is 3. The number of carbonyl (C=O) groups excluding carboxylic acids is 3. The topological polar surface area (TPSA) is 95.8 Å². The second-order valence-electron chi connectivity index (χ2n) is 5.50. The molecule has 1 atom stereocenters. The van der Waals surface area contributed by atoms with Gasteiger partial charge in [-0.05, 0) is 31.2 Å². The summed E-state index contributed by atoms with van der Waals surface area (Å²) in [5, 5.41) is 6.05. The molecule has 2 heterocycles. The van der Waals surface area contributed by atoms with Crippen molar-refractivity contribution in [3.63, 3.8) is 0 Å². The number of hydrogen-bond acceptors (Lipinski definition) is 5. The molecular formula is C16H16N4O4. The van der Waals surface area contributed by atoms with Crippen LogP contribution in [0.4, 0.5) is 10.5 Å². The summed E-state index contributed by atoms with van der Waals surface area (Å²) < 4.78 is 4.80. The van der Waals surface area contributed by atoms with Crippen LogP contribution in [-0.4, -0.2) is 41.5 Å². The Hall–Kier alpha value is -3.16. The molecule has 0 bridgehead atoms. The van der Waals surface area contributed by atoms with Gasteiger partial charge in [-0.2, -0.15) is 0 Å². The lowest BCUT2D eigenvalue weighted by Crippen LogP contribution is -2.30. The molecule has 3 rings (SSSR count). The molecule has 1 aliphatic heterocycles. The fourth-order valence-electron chi connectivity index (χ4n) is 2.45. The smallest absolute Gasteiger partial charge is 0.329 e. The van der Waals surface area contributed by atoms with Crippen LogP contribution in [0, 0.1) is 0 Å². The first-order valence-electron chi connectivity index (χ1n) is 7.36. The van der Waals surface area contributed by atoms with Crippen molar-refractivity contribution >= 4 is 23.5 Å². The fraction of sp³-hybridized carbons (Fsp3) is 0.250. The van der Waals surface area contributed by atoms with Crippen LogP contribution in [0.5, 0.6) is 0 Å². The summed E-state index contributed by atoms with van der Waals surface area (Å²) in [6, 6.07) is 7.54. The van der Waals surface area contributed by atoms with E-state index in [1.54, 1.807) is 42.3 Å². The minimum absolute atomic E-state index is 0.0186. The van der Waals surface area contributed by atoms with Gasteiger partial charge in [0.15, 0.2) is 0 Å². The van der Waals surface area contributed by atoms with Crippen LogP contribution in [0.3, 0.4) is 0 Å². The van der Waals surface area contributed by atoms with E-state index in [9.17, 15) is 14.4 Å². The maximum atomic E-state index is 12.6. The van der Waals surface area contributed by atoms with Gasteiger partial charge in [-0.1, -0.05) is 5.16 Å². The molecule has 8 nitrogen and oxygen atoms in total. The third-order valence-corrected chi connectivity index (χ3v) is 4.01. The summed E-state index contributed by atoms with van der Waals surface area (Å²) in [6.45, 7) is 1.83. The Labute approximate surface area is 138 Å². The van der Waals surface area contributed by atoms with Gasteiger partial charge in [-0.25, -0.2) is 4.79 Å². The van der Waals surface area contributed by atoms with Gasteiger partial charge in [-0.3, -0.25) is 19.8 Å². The van der Waals surface area contributed by atoms with Crippen LogP contribution in [0.2, 0.25) is 0 Å². The van der Waals surface area contributed by atoms with Gasteiger partial charge in [0, 0.05) is 24.4 Å². The molecule has 0 unspecified atom stereocenters. The van der Waals surface area contributed by atoms with Gasteiger partial charge in [-0.15, -0.1) is 0 Å². The van der Waals surface area contributed by atoms with Gasteiger partial charge in [0.25, 0.3) is 5.91 Å². The highest BCUT2D eigenvalue weighted by atomic mass is 16.5. The molecule has 1 aromatic carbocycles. The summed E-state index contributed by atoms with van der Waals surface area (Å²) in [5.74, 6) is -0.527. The van der Waals surface area contributed by atoms with Gasteiger partial charge in [0.05, 0.1) is 6.04 Å². The Kier molecular flexibility index (Phi) is 4.03. The largest absolute Gasteiger partial charge is 0.364 e. The molecule has 4 amide bonds. The van der Waals surface area contributed by atoms with E-state index in [0.717, 1.165) is 0 Å². The van der Waals surface area contributed by atoms with E-state index < -0.39 is 6.03 Å². The first-order chi connectivity index (χ1) is 11.5. The minimum Gasteiger partial charge on any atom is -0.364 e. The highest BCUT2D eigenvalue weighted by Crippen LogP contribution is 2.21. The lowest BCUT2D eigenvalue weighted by atomic mass is 10.1. The molecule has 2 aromatic rings. The van der Waals surface area contributed by atoms with Gasteiger partial charge >= 0.3 is 6.03 Å². The van der Waals surface area contributed by atoms with Crippen LogP contribution in [0.25, 0.3) is 0 Å². The van der Waals surface area contributed by atoms with E-state index >= 15 is 0 Å². The number of rotatable bonds is 4. The van der Waals surface area contributed by atoms with E-state index in [-0.39, 0.29) is 24.4 Å². The average molecular weight is 328 g/mol. The molecule has 24 heavy (non-hydrogen) atoms. The molecule has 0 saturated carbocycles. The van der Waals surface area contributed by atoms with Crippen molar-refractivity contribution in [2.24, 2.45) is 0 Å². The lowest BCUT2D eigenvalue weighted by Gasteiger charge is -2.23. The predicted octanol–water partition coefficient (Wildman–Crippen LogP) is 1.56. The number of aromatic nitrogens is 1. The maximum Gasteiger partial charge on any atom is 0.329 e. The van der Waals surface area contributed by atoms with Gasteiger partial charge < -0.3 is 9.42 Å². The SMILES string of the molecule is C[C@H](c1ccon1)N(C)C(=O)c1ccc(N2CC(=O)NC2=O)cc1. The zero-order chi connectivity index (χ0) is 17.3. The predicted molar refractivity (Wildman–Crippen MR) is 84.3 cm³/mol. The number of nitrogens with zero attached hydrogens (tertiary/aromatic N) is 3. The second kappa shape index (κ2) is 6.15. The summed E-state index contributed by atoms with van der Waals surface area (Å²) in [6.07, 6.45) is 1.46. The summed E-state index contributed by atoms with van der Waals surface area (Å²) in [4.78, 5) is 38.3. The highest BCUT2D eigenvalue weighted by molar-refractivity contribution is 6.12. The quantitative estimate of drug-likeness (QED) is 0.859. The van der Waals surface area contributed by atoms with Crippen LogP contribution in [0.1, 0.15) is 29.0 Å². The minimum atomic E-state index is -0.462. The monoisotopic (exact) mass is 328 g/mol. The van der Waals surface area contributed by atoms with Crippen molar-refractivity contribution in [3.8, 4) is 0 Å². The zero-order valence-corrected chi connectivity index (χ0v) is 13.2. The molecule has 1 aromatic heterocycles. The average Bonchev–Trinajstić information content (AvgIpc) is 3.22. The molecule has 0 aliphatic carbocycles. The van der Waals surface area contributed by atoms with E-state index in [4.69, 9.17) is 4.52 Å². The second-order valence-corrected chi connectivity index (χ2v) is 5.50. The molecule has 124 valence electrons. The standard InChI is InChI=1S/C16H16N4O4/c1-10(13-7-8-24-18-13)19(2)15(22)11-3-5-12(6-4-11)20-9-14(21)17-16(20)23/h3-8,10H,9H2,1-2H3,(H,17,21,23)/t10-/m1/s1. The number of nitrogens with one attached hydrogen (secondary N) is 1. The number of anilines is 1. The molecule has 1 aliphatic rings. The van der Waals surface area contributed by atoms with E-state index in [1.807, 2.05) is 6.92 Å². The van der Waals surface area contributed by atoms with Crippen molar-refractivity contribution < 1.29 is 18.9 Å². The Morgan fingerprint density at radius 3 is 2.54 bits per heavy atom. The van der Waals surface area contributed by atoms with Gasteiger partial charge in [0.1, 0.15) is 18.5 Å². The Morgan fingerprint density at radius 1 is 1.29 bits per heavy atom. The van der Waals surface area contributed by atoms with Gasteiger partial charge in [0.2, 0.25) is 5.91 Å². The van der Waals surface area contributed by atoms with E-state index in [0.29, 0.717) is 16.9 Å². The Balaban J connectivity index is 1.74. The first kappa shape index (κ1) is 15.7. The molecule has 1 fully saturated rings. The molecular weight excluding hydrogens is 312 g/mol. The molecule has 1 N–H and O–H groups in total. The lowest BCUT2D eigenvalue weighted by molar-refractivity contribution is -0.117. The van der Waals surface area contributed by atoms with Crippen molar-refractivity contribution in [2.45, 2.75) is 13.0 Å². The van der Waals surface area contributed by atoms with Crippen LogP contribution < -0.4 is 10.2 Å². The zero-order valence-electron chi connectivity index (χ0n) is 13.2. The maximum absolute atomic E-state index is 12.6. The molecule has 8 heteroatoms. The summed E-state index contributed by atoms with van der Waals surface area (Å²) >= 11 is 0. The Bertz CT molecular complexity index is 770. The van der Waals surface area contributed by atoms with Crippen LogP contribution in [-0.2, 0) is 4.79 Å². The first-order valence-corrected chi connectivity index (χ1v) is 7.36. The molecule has 0 spiro atoms. The number of imide groups is 1. The number of urea groups is 1. The Morgan fingerprint density at radius 2 is 2.00 bits per heavy atom. The molecule has 1 saturated heterocycles. The van der Waals surface area contributed by atoms with Crippen molar-refractivity contribution in [3.05, 3.63) is 47.9 Å². The third kappa shape index (κ3) is 2.85. The highest BCUT2D eigenvalue weighted by Gasteiger charge is 2.28. The van der Waals surface area contributed by atoms with Crippen molar-refractivity contribution in [2.75, 3.05) is 18.5 Å². The number of amides is 4. The van der Waals surface area contributed by atoms with Crippen molar-refractivity contribution in [1.82, 2.24) is 15.4 Å². The summed E-state index contributed by atoms with van der Waals surface area (Å²) in [7, 11) is 1.68. The number of hydrogen-bond donors (Lipinski definition) is 1. The van der Waals surface area contributed by atoms with Crippen molar-refractivity contribution in [1.29, 1.82) is 0 Å². The molecule has 0 radical (unpaired) electrons. The fourth-order valence-corrected chi connectivity index (χ4v) is 2.45. The normalized spacial score (nSPS) is 15.3. The van der Waals surface area contributed by atoms with E-state index in [2.05, 4.69) is 10.5 Å².